The molecule has 2 rings (SSSR count). The first-order valence-electron chi connectivity index (χ1n) is 7.04. The van der Waals surface area contributed by atoms with Gasteiger partial charge in [-0.05, 0) is 31.9 Å². The molecule has 1 aromatic rings. The Morgan fingerprint density at radius 2 is 1.95 bits per heavy atom. The van der Waals surface area contributed by atoms with E-state index >= 15 is 0 Å². The van der Waals surface area contributed by atoms with Crippen molar-refractivity contribution in [3.05, 3.63) is 29.8 Å². The van der Waals surface area contributed by atoms with Crippen molar-refractivity contribution in [2.75, 3.05) is 33.1 Å². The molecule has 0 saturated carbocycles. The summed E-state index contributed by atoms with van der Waals surface area (Å²) in [6, 6.07) is 7.79. The number of piperidine rings is 1. The Labute approximate surface area is 126 Å². The Bertz CT molecular complexity index is 570. The molecule has 0 radical (unpaired) electrons. The van der Waals surface area contributed by atoms with Gasteiger partial charge in [0.25, 0.3) is 0 Å². The largest absolute Gasteiger partial charge is 0.491 e. The van der Waals surface area contributed by atoms with E-state index in [0.29, 0.717) is 19.7 Å². The molecular formula is C15H23NO4S. The Kier molecular flexibility index (Phi) is 4.91. The van der Waals surface area contributed by atoms with Crippen LogP contribution in [-0.2, 0) is 14.8 Å². The lowest BCUT2D eigenvalue weighted by molar-refractivity contribution is -0.0745. The summed E-state index contributed by atoms with van der Waals surface area (Å²) in [7, 11) is -1.58. The Morgan fingerprint density at radius 1 is 1.29 bits per heavy atom. The SMILES string of the molecule is CO[C@@]1(COc2ccc(C)cc2)CCCN(S(C)(=O)=O)C1. The molecular weight excluding hydrogens is 290 g/mol. The van der Waals surface area contributed by atoms with Crippen LogP contribution in [0.4, 0.5) is 0 Å². The first-order chi connectivity index (χ1) is 9.85. The van der Waals surface area contributed by atoms with Crippen molar-refractivity contribution in [1.82, 2.24) is 4.31 Å². The van der Waals surface area contributed by atoms with E-state index in [1.807, 2.05) is 31.2 Å². The third-order valence-corrected chi connectivity index (χ3v) is 5.18. The monoisotopic (exact) mass is 313 g/mol. The number of methoxy groups -OCH3 is 1. The van der Waals surface area contributed by atoms with E-state index < -0.39 is 15.6 Å². The third-order valence-electron chi connectivity index (χ3n) is 3.93. The summed E-state index contributed by atoms with van der Waals surface area (Å²) in [5.74, 6) is 0.772. The fourth-order valence-corrected chi connectivity index (χ4v) is 3.46. The highest BCUT2D eigenvalue weighted by Gasteiger charge is 2.39. The van der Waals surface area contributed by atoms with E-state index in [-0.39, 0.29) is 0 Å². The average Bonchev–Trinajstić information content (AvgIpc) is 2.46. The second kappa shape index (κ2) is 6.34. The molecule has 1 aromatic carbocycles. The van der Waals surface area contributed by atoms with Gasteiger partial charge >= 0.3 is 0 Å². The van der Waals surface area contributed by atoms with Crippen molar-refractivity contribution < 1.29 is 17.9 Å². The van der Waals surface area contributed by atoms with E-state index in [2.05, 4.69) is 0 Å². The zero-order valence-corrected chi connectivity index (χ0v) is 13.6. The molecule has 21 heavy (non-hydrogen) atoms. The molecule has 0 unspecified atom stereocenters. The minimum atomic E-state index is -3.20. The predicted molar refractivity (Wildman–Crippen MR) is 82.1 cm³/mol. The normalized spacial score (nSPS) is 24.0. The van der Waals surface area contributed by atoms with Gasteiger partial charge in [0.15, 0.2) is 0 Å². The molecule has 0 aromatic heterocycles. The molecule has 1 aliphatic rings. The quantitative estimate of drug-likeness (QED) is 0.832. The van der Waals surface area contributed by atoms with Gasteiger partial charge in [-0.2, -0.15) is 4.31 Å². The molecule has 6 heteroatoms. The Morgan fingerprint density at radius 3 is 2.52 bits per heavy atom. The van der Waals surface area contributed by atoms with Crippen molar-refractivity contribution in [3.63, 3.8) is 0 Å². The molecule has 1 heterocycles. The molecule has 118 valence electrons. The smallest absolute Gasteiger partial charge is 0.211 e. The van der Waals surface area contributed by atoms with Crippen LogP contribution in [0.25, 0.3) is 0 Å². The lowest BCUT2D eigenvalue weighted by atomic mass is 9.95. The summed E-state index contributed by atoms with van der Waals surface area (Å²) < 4.78 is 36.4. The highest BCUT2D eigenvalue weighted by Crippen LogP contribution is 2.27. The molecule has 0 bridgehead atoms. The number of hydrogen-bond acceptors (Lipinski definition) is 4. The molecule has 1 atom stereocenters. The van der Waals surface area contributed by atoms with Gasteiger partial charge in [-0.25, -0.2) is 8.42 Å². The van der Waals surface area contributed by atoms with Crippen molar-refractivity contribution >= 4 is 10.0 Å². The first kappa shape index (κ1) is 16.3. The van der Waals surface area contributed by atoms with Gasteiger partial charge in [0.2, 0.25) is 10.0 Å². The van der Waals surface area contributed by atoms with Gasteiger partial charge in [-0.15, -0.1) is 0 Å². The summed E-state index contributed by atoms with van der Waals surface area (Å²) in [4.78, 5) is 0. The van der Waals surface area contributed by atoms with Gasteiger partial charge < -0.3 is 9.47 Å². The third kappa shape index (κ3) is 4.18. The van der Waals surface area contributed by atoms with Crippen LogP contribution in [0.15, 0.2) is 24.3 Å². The second-order valence-corrected chi connectivity index (χ2v) is 7.67. The van der Waals surface area contributed by atoms with Crippen molar-refractivity contribution in [1.29, 1.82) is 0 Å². The van der Waals surface area contributed by atoms with Crippen LogP contribution in [0.1, 0.15) is 18.4 Å². The Balaban J connectivity index is 2.05. The van der Waals surface area contributed by atoms with Gasteiger partial charge in [-0.3, -0.25) is 0 Å². The zero-order valence-electron chi connectivity index (χ0n) is 12.8. The van der Waals surface area contributed by atoms with Gasteiger partial charge in [-0.1, -0.05) is 17.7 Å². The summed E-state index contributed by atoms with van der Waals surface area (Å²) in [6.07, 6.45) is 2.80. The zero-order chi connectivity index (χ0) is 15.5. The van der Waals surface area contributed by atoms with Gasteiger partial charge in [0.1, 0.15) is 18.0 Å². The maximum Gasteiger partial charge on any atom is 0.211 e. The fraction of sp³-hybridized carbons (Fsp3) is 0.600. The van der Waals surface area contributed by atoms with Gasteiger partial charge in [0.05, 0.1) is 6.26 Å². The standard InChI is InChI=1S/C15H23NO4S/c1-13-5-7-14(8-6-13)20-12-15(19-2)9-4-10-16(11-15)21(3,17)18/h5-8H,4,9-12H2,1-3H3/t15-/m0/s1. The molecule has 0 spiro atoms. The van der Waals surface area contributed by atoms with Crippen LogP contribution in [-0.4, -0.2) is 51.4 Å². The van der Waals surface area contributed by atoms with Crippen LogP contribution in [0, 0.1) is 6.92 Å². The topological polar surface area (TPSA) is 55.8 Å². The maximum atomic E-state index is 11.7. The lowest BCUT2D eigenvalue weighted by Crippen LogP contribution is -2.54. The van der Waals surface area contributed by atoms with Crippen molar-refractivity contribution in [3.8, 4) is 5.75 Å². The molecule has 0 aliphatic carbocycles. The highest BCUT2D eigenvalue weighted by atomic mass is 32.2. The summed E-state index contributed by atoms with van der Waals surface area (Å²) in [5.41, 5.74) is 0.594. The Hall–Kier alpha value is -1.11. The highest BCUT2D eigenvalue weighted by molar-refractivity contribution is 7.88. The number of nitrogens with zero attached hydrogens (tertiary/aromatic N) is 1. The molecule has 1 saturated heterocycles. The number of aryl methyl sites for hydroxylation is 1. The lowest BCUT2D eigenvalue weighted by Gasteiger charge is -2.40. The average molecular weight is 313 g/mol. The van der Waals surface area contributed by atoms with E-state index in [1.165, 1.54) is 16.1 Å². The molecule has 1 fully saturated rings. The van der Waals surface area contributed by atoms with Crippen molar-refractivity contribution in [2.45, 2.75) is 25.4 Å². The van der Waals surface area contributed by atoms with Crippen LogP contribution in [0.3, 0.4) is 0 Å². The van der Waals surface area contributed by atoms with Gasteiger partial charge in [0, 0.05) is 20.2 Å². The van der Waals surface area contributed by atoms with E-state index in [0.717, 1.165) is 18.6 Å². The summed E-state index contributed by atoms with van der Waals surface area (Å²) >= 11 is 0. The van der Waals surface area contributed by atoms with Crippen LogP contribution in [0.2, 0.25) is 0 Å². The minimum absolute atomic E-state index is 0.341. The number of benzene rings is 1. The first-order valence-corrected chi connectivity index (χ1v) is 8.89. The predicted octanol–water partition coefficient (Wildman–Crippen LogP) is 1.81. The van der Waals surface area contributed by atoms with Crippen molar-refractivity contribution in [2.24, 2.45) is 0 Å². The maximum absolute atomic E-state index is 11.7. The number of ether oxygens (including phenoxy) is 2. The fourth-order valence-electron chi connectivity index (χ4n) is 2.53. The van der Waals surface area contributed by atoms with E-state index in [4.69, 9.17) is 9.47 Å². The minimum Gasteiger partial charge on any atom is -0.491 e. The van der Waals surface area contributed by atoms with Crippen LogP contribution < -0.4 is 4.74 Å². The summed E-state index contributed by atoms with van der Waals surface area (Å²) in [6.45, 7) is 3.26. The number of rotatable bonds is 5. The molecule has 0 N–H and O–H groups in total. The molecule has 1 aliphatic heterocycles. The van der Waals surface area contributed by atoms with Crippen LogP contribution in [0.5, 0.6) is 5.75 Å². The number of hydrogen-bond donors (Lipinski definition) is 0. The second-order valence-electron chi connectivity index (χ2n) is 5.69. The van der Waals surface area contributed by atoms with E-state index in [1.54, 1.807) is 7.11 Å². The summed E-state index contributed by atoms with van der Waals surface area (Å²) in [5, 5.41) is 0. The number of sulfonamides is 1. The molecule has 0 amide bonds. The molecule has 5 nitrogen and oxygen atoms in total. The van der Waals surface area contributed by atoms with E-state index in [9.17, 15) is 8.42 Å². The van der Waals surface area contributed by atoms with Crippen LogP contribution >= 0.6 is 0 Å².